The van der Waals surface area contributed by atoms with Gasteiger partial charge < -0.3 is 28.6 Å². The topological polar surface area (TPSA) is 78.9 Å². The Kier molecular flexibility index (Phi) is 33.5. The number of ether oxygens (including phenoxy) is 3. The third-order valence-electron chi connectivity index (χ3n) is 9.07. The second-order valence-corrected chi connectivity index (χ2v) is 14.5. The number of carbonyl (C=O) groups is 3. The third kappa shape index (κ3) is 23.4. The minimum Gasteiger partial charge on any atom is -0.376 e. The lowest BCUT2D eigenvalue weighted by Gasteiger charge is -2.36. The fourth-order valence-corrected chi connectivity index (χ4v) is 6.85. The van der Waals surface area contributed by atoms with Crippen LogP contribution < -0.4 is 0 Å². The second-order valence-electron chi connectivity index (χ2n) is 14.5. The number of carbonyl (C=O) groups excluding carboxylic acids is 3. The van der Waals surface area contributed by atoms with Crippen LogP contribution in [0.1, 0.15) is 119 Å². The fraction of sp³-hybridized carbons (Fsp3) is 0.562. The van der Waals surface area contributed by atoms with E-state index in [0.717, 1.165) is 17.8 Å². The van der Waals surface area contributed by atoms with Gasteiger partial charge in [-0.15, -0.1) is 0 Å². The molecule has 0 radical (unpaired) electrons. The monoisotopic (exact) mass is 751 g/mol. The first kappa shape index (κ1) is 54.9. The van der Waals surface area contributed by atoms with Gasteiger partial charge in [-0.2, -0.15) is 0 Å². The smallest absolute Gasteiger partial charge is 0.106 e. The van der Waals surface area contributed by atoms with Crippen molar-refractivity contribution < 1.29 is 28.6 Å². The minimum atomic E-state index is 0. The Morgan fingerprint density at radius 2 is 0.593 bits per heavy atom. The zero-order valence-electron chi connectivity index (χ0n) is 32.3. The third-order valence-corrected chi connectivity index (χ3v) is 9.07. The van der Waals surface area contributed by atoms with Crippen molar-refractivity contribution in [2.75, 3.05) is 0 Å². The molecule has 0 aromatic heterocycles. The van der Waals surface area contributed by atoms with E-state index in [1.54, 1.807) is 0 Å². The lowest BCUT2D eigenvalue weighted by Crippen LogP contribution is -2.34. The summed E-state index contributed by atoms with van der Waals surface area (Å²) in [5.41, 5.74) is 4.39. The zero-order chi connectivity index (χ0) is 38.0. The summed E-state index contributed by atoms with van der Waals surface area (Å²) in [7, 11) is 0. The van der Waals surface area contributed by atoms with Crippen LogP contribution in [0.3, 0.4) is 0 Å². The lowest BCUT2D eigenvalue weighted by atomic mass is 9.78. The maximum atomic E-state index is 8.00. The molecule has 0 unspecified atom stereocenters. The molecule has 0 atom stereocenters. The first-order valence-corrected chi connectivity index (χ1v) is 18.7. The van der Waals surface area contributed by atoms with Gasteiger partial charge in [-0.3, -0.25) is 0 Å². The van der Waals surface area contributed by atoms with E-state index in [1.165, 1.54) is 74.5 Å². The van der Waals surface area contributed by atoms with Gasteiger partial charge in [0.15, 0.2) is 0 Å². The molecule has 0 spiro atoms. The molecule has 3 aliphatic rings. The van der Waals surface area contributed by atoms with Crippen molar-refractivity contribution in [2.45, 2.75) is 158 Å². The average Bonchev–Trinajstić information content (AvgIpc) is 3.09. The number of hydrogen-bond donors (Lipinski definition) is 0. The minimum absolute atomic E-state index is 0. The number of rotatable bonds is 12. The van der Waals surface area contributed by atoms with Gasteiger partial charge in [-0.1, -0.05) is 113 Å². The fourth-order valence-electron chi connectivity index (χ4n) is 6.85. The van der Waals surface area contributed by atoms with Crippen LogP contribution in [-0.2, 0) is 47.9 Å². The Balaban J connectivity index is -0.000000657. The molecule has 0 aliphatic heterocycles. The highest BCUT2D eigenvalue weighted by molar-refractivity contribution is 5.17. The van der Waals surface area contributed by atoms with Crippen LogP contribution in [0.15, 0.2) is 91.0 Å². The summed E-state index contributed by atoms with van der Waals surface area (Å²) in [5.74, 6) is 2.53. The molecule has 54 heavy (non-hydrogen) atoms. The molecule has 6 heteroatoms. The Morgan fingerprint density at radius 1 is 0.407 bits per heavy atom. The van der Waals surface area contributed by atoms with E-state index >= 15 is 0 Å². The lowest BCUT2D eigenvalue weighted by molar-refractivity contribution is -0.0987. The normalized spacial score (nSPS) is 21.3. The predicted octanol–water partition coefficient (Wildman–Crippen LogP) is 11.7. The molecule has 0 bridgehead atoms. The van der Waals surface area contributed by atoms with E-state index in [0.29, 0.717) is 36.6 Å². The molecule has 0 amide bonds. The van der Waals surface area contributed by atoms with Crippen molar-refractivity contribution in [3.8, 4) is 0 Å². The van der Waals surface area contributed by atoms with Gasteiger partial charge in [-0.25, -0.2) is 0 Å². The molecule has 306 valence electrons. The molecular weight excluding hydrogens is 673 g/mol. The van der Waals surface area contributed by atoms with Crippen LogP contribution in [0.5, 0.6) is 0 Å². The molecule has 6 nitrogen and oxygen atoms in total. The Hall–Kier alpha value is -3.45. The van der Waals surface area contributed by atoms with Gasteiger partial charge in [0.1, 0.15) is 20.4 Å². The van der Waals surface area contributed by atoms with Crippen LogP contribution in [-0.4, -0.2) is 57.0 Å². The first-order chi connectivity index (χ1) is 24.7. The maximum Gasteiger partial charge on any atom is 0.106 e. The van der Waals surface area contributed by atoms with Crippen molar-refractivity contribution in [2.24, 2.45) is 17.8 Å². The molecule has 3 saturated carbocycles. The van der Waals surface area contributed by atoms with Crippen LogP contribution in [0.4, 0.5) is 0 Å². The standard InChI is InChI=1S/3C14H20O.3CH2O.3CH4/c3*1-11(2)15-14-9-13(10-14)8-12-6-4-3-5-7-12;3*1-2;;;/h3*3-7,11,13-14H,8-10H2,1-2H3;3*1H2;3*1H4. The van der Waals surface area contributed by atoms with Gasteiger partial charge >= 0.3 is 0 Å². The SMILES string of the molecule is C.C.C.C=O.C=O.C=O.CC(C)OC1CC(Cc2ccccc2)C1.CC(C)OC1CC(Cc2ccccc2)C1.CC(C)OC1CC(Cc2ccccc2)C1. The van der Waals surface area contributed by atoms with Crippen molar-refractivity contribution in [3.63, 3.8) is 0 Å². The summed E-state index contributed by atoms with van der Waals surface area (Å²) in [6, 6.07) is 32.3. The van der Waals surface area contributed by atoms with Crippen molar-refractivity contribution in [1.82, 2.24) is 0 Å². The Morgan fingerprint density at radius 3 is 0.759 bits per heavy atom. The predicted molar refractivity (Wildman–Crippen MR) is 230 cm³/mol. The van der Waals surface area contributed by atoms with Gasteiger partial charge in [0.25, 0.3) is 0 Å². The van der Waals surface area contributed by atoms with E-state index < -0.39 is 0 Å². The van der Waals surface area contributed by atoms with Gasteiger partial charge in [-0.05, 0) is 134 Å². The van der Waals surface area contributed by atoms with Crippen molar-refractivity contribution in [1.29, 1.82) is 0 Å². The average molecular weight is 751 g/mol. The molecule has 0 saturated heterocycles. The summed E-state index contributed by atoms with van der Waals surface area (Å²) in [5, 5.41) is 0. The van der Waals surface area contributed by atoms with Gasteiger partial charge in [0.2, 0.25) is 0 Å². The molecular formula is C48H78O6. The van der Waals surface area contributed by atoms with E-state index in [1.807, 2.05) is 20.4 Å². The van der Waals surface area contributed by atoms with E-state index in [2.05, 4.69) is 133 Å². The summed E-state index contributed by atoms with van der Waals surface area (Å²) in [6.45, 7) is 18.7. The van der Waals surface area contributed by atoms with E-state index in [9.17, 15) is 0 Å². The van der Waals surface area contributed by atoms with E-state index in [4.69, 9.17) is 28.6 Å². The van der Waals surface area contributed by atoms with Gasteiger partial charge in [0.05, 0.1) is 36.6 Å². The van der Waals surface area contributed by atoms with Gasteiger partial charge in [0, 0.05) is 0 Å². The summed E-state index contributed by atoms with van der Waals surface area (Å²) in [4.78, 5) is 24.0. The molecule has 3 aromatic carbocycles. The first-order valence-electron chi connectivity index (χ1n) is 18.7. The highest BCUT2D eigenvalue weighted by Crippen LogP contribution is 2.35. The quantitative estimate of drug-likeness (QED) is 0.183. The summed E-state index contributed by atoms with van der Waals surface area (Å²) in [6.07, 6.45) is 13.8. The Labute approximate surface area is 331 Å². The van der Waals surface area contributed by atoms with Crippen molar-refractivity contribution >= 4 is 20.4 Å². The highest BCUT2D eigenvalue weighted by Gasteiger charge is 2.32. The zero-order valence-corrected chi connectivity index (χ0v) is 32.3. The van der Waals surface area contributed by atoms with Crippen LogP contribution in [0, 0.1) is 17.8 Å². The summed E-state index contributed by atoms with van der Waals surface area (Å²) < 4.78 is 17.3. The highest BCUT2D eigenvalue weighted by atomic mass is 16.5. The number of benzene rings is 3. The molecule has 3 aromatic rings. The second kappa shape index (κ2) is 32.9. The molecule has 3 fully saturated rings. The molecule has 0 N–H and O–H groups in total. The maximum absolute atomic E-state index is 8.00. The molecule has 3 aliphatic carbocycles. The largest absolute Gasteiger partial charge is 0.376 e. The Bertz CT molecular complexity index is 1060. The number of hydrogen-bond acceptors (Lipinski definition) is 6. The van der Waals surface area contributed by atoms with Crippen LogP contribution >= 0.6 is 0 Å². The molecule has 6 rings (SSSR count). The van der Waals surface area contributed by atoms with Crippen LogP contribution in [0.2, 0.25) is 0 Å². The summed E-state index contributed by atoms with van der Waals surface area (Å²) >= 11 is 0. The molecule has 0 heterocycles. The van der Waals surface area contributed by atoms with Crippen LogP contribution in [0.25, 0.3) is 0 Å². The van der Waals surface area contributed by atoms with Crippen molar-refractivity contribution in [3.05, 3.63) is 108 Å². The van der Waals surface area contributed by atoms with E-state index in [-0.39, 0.29) is 22.3 Å².